The first-order valence-corrected chi connectivity index (χ1v) is 5.29. The summed E-state index contributed by atoms with van der Waals surface area (Å²) in [5.74, 6) is 0.156. The van der Waals surface area contributed by atoms with E-state index in [2.05, 4.69) is 0 Å². The second-order valence-corrected chi connectivity index (χ2v) is 3.94. The highest BCUT2D eigenvalue weighted by atomic mass is 16.3. The van der Waals surface area contributed by atoms with E-state index in [1.807, 2.05) is 26.0 Å². The van der Waals surface area contributed by atoms with Gasteiger partial charge in [0.15, 0.2) is 0 Å². The number of phenolic OH excluding ortho intramolecular Hbond substituents is 1. The summed E-state index contributed by atoms with van der Waals surface area (Å²) in [5, 5.41) is 19.4. The lowest BCUT2D eigenvalue weighted by atomic mass is 9.97. The molecule has 0 aromatic heterocycles. The molecule has 0 aliphatic heterocycles. The van der Waals surface area contributed by atoms with Crippen molar-refractivity contribution in [1.82, 2.24) is 0 Å². The molecule has 0 radical (unpaired) electrons. The maximum atomic E-state index is 9.75. The predicted octanol–water partition coefficient (Wildman–Crippen LogP) is 1.86. The van der Waals surface area contributed by atoms with Gasteiger partial charge in [0.25, 0.3) is 0 Å². The highest BCUT2D eigenvalue weighted by Crippen LogP contribution is 2.27. The molecule has 3 nitrogen and oxygen atoms in total. The molecule has 0 bridgehead atoms. The van der Waals surface area contributed by atoms with Crippen LogP contribution in [0.3, 0.4) is 0 Å². The quantitative estimate of drug-likeness (QED) is 0.709. The molecule has 1 aromatic rings. The summed E-state index contributed by atoms with van der Waals surface area (Å²) in [6.45, 7) is 3.92. The molecule has 15 heavy (non-hydrogen) atoms. The Bertz CT molecular complexity index is 325. The molecule has 1 aromatic carbocycles. The summed E-state index contributed by atoms with van der Waals surface area (Å²) >= 11 is 0. The number of aromatic hydroxyl groups is 1. The number of aryl methyl sites for hydroxylation is 1. The van der Waals surface area contributed by atoms with Crippen molar-refractivity contribution in [3.05, 3.63) is 29.3 Å². The van der Waals surface area contributed by atoms with Crippen LogP contribution in [0.1, 0.15) is 36.9 Å². The third kappa shape index (κ3) is 2.94. The SMILES string of the molecule is CCC[C@@H](O)[C@@H](N)c1cc(C)ccc1O. The Morgan fingerprint density at radius 3 is 2.67 bits per heavy atom. The molecule has 0 spiro atoms. The lowest BCUT2D eigenvalue weighted by molar-refractivity contribution is 0.133. The monoisotopic (exact) mass is 209 g/mol. The fraction of sp³-hybridized carbons (Fsp3) is 0.500. The molecule has 0 fully saturated rings. The molecule has 0 amide bonds. The van der Waals surface area contributed by atoms with Gasteiger partial charge in [-0.25, -0.2) is 0 Å². The maximum absolute atomic E-state index is 9.75. The smallest absolute Gasteiger partial charge is 0.120 e. The Balaban J connectivity index is 2.89. The van der Waals surface area contributed by atoms with Crippen LogP contribution in [-0.2, 0) is 0 Å². The predicted molar refractivity (Wildman–Crippen MR) is 60.7 cm³/mol. The first-order chi connectivity index (χ1) is 7.06. The summed E-state index contributed by atoms with van der Waals surface area (Å²) < 4.78 is 0. The number of nitrogens with two attached hydrogens (primary N) is 1. The average molecular weight is 209 g/mol. The minimum absolute atomic E-state index is 0.156. The number of aliphatic hydroxyl groups excluding tert-OH is 1. The fourth-order valence-corrected chi connectivity index (χ4v) is 1.62. The molecule has 0 heterocycles. The van der Waals surface area contributed by atoms with E-state index in [0.29, 0.717) is 12.0 Å². The van der Waals surface area contributed by atoms with Gasteiger partial charge in [0.05, 0.1) is 12.1 Å². The number of phenols is 1. The average Bonchev–Trinajstić information content (AvgIpc) is 2.21. The summed E-state index contributed by atoms with van der Waals surface area (Å²) in [6, 6.07) is 4.74. The lowest BCUT2D eigenvalue weighted by Gasteiger charge is -2.19. The van der Waals surface area contributed by atoms with E-state index >= 15 is 0 Å². The lowest BCUT2D eigenvalue weighted by Crippen LogP contribution is -2.26. The van der Waals surface area contributed by atoms with Crippen molar-refractivity contribution in [1.29, 1.82) is 0 Å². The Hall–Kier alpha value is -1.06. The van der Waals surface area contributed by atoms with Gasteiger partial charge in [-0.1, -0.05) is 31.0 Å². The maximum Gasteiger partial charge on any atom is 0.120 e. The van der Waals surface area contributed by atoms with Gasteiger partial charge in [0.2, 0.25) is 0 Å². The summed E-state index contributed by atoms with van der Waals surface area (Å²) in [5.41, 5.74) is 7.54. The third-order valence-corrected chi connectivity index (χ3v) is 2.54. The third-order valence-electron chi connectivity index (χ3n) is 2.54. The van der Waals surface area contributed by atoms with Gasteiger partial charge >= 0.3 is 0 Å². The van der Waals surface area contributed by atoms with Crippen LogP contribution in [0.15, 0.2) is 18.2 Å². The largest absolute Gasteiger partial charge is 0.508 e. The summed E-state index contributed by atoms with van der Waals surface area (Å²) in [7, 11) is 0. The molecule has 84 valence electrons. The Labute approximate surface area is 90.5 Å². The Kier molecular flexibility index (Phi) is 4.12. The minimum Gasteiger partial charge on any atom is -0.508 e. The minimum atomic E-state index is -0.595. The second kappa shape index (κ2) is 5.14. The number of hydrogen-bond acceptors (Lipinski definition) is 3. The Morgan fingerprint density at radius 1 is 1.40 bits per heavy atom. The van der Waals surface area contributed by atoms with Gasteiger partial charge in [-0.2, -0.15) is 0 Å². The van der Waals surface area contributed by atoms with Crippen LogP contribution in [0.4, 0.5) is 0 Å². The van der Waals surface area contributed by atoms with E-state index in [-0.39, 0.29) is 5.75 Å². The van der Waals surface area contributed by atoms with Gasteiger partial charge in [-0.3, -0.25) is 0 Å². The second-order valence-electron chi connectivity index (χ2n) is 3.94. The summed E-state index contributed by atoms with van der Waals surface area (Å²) in [6.07, 6.45) is 0.929. The van der Waals surface area contributed by atoms with Crippen molar-refractivity contribution in [2.24, 2.45) is 5.73 Å². The van der Waals surface area contributed by atoms with Crippen LogP contribution >= 0.6 is 0 Å². The van der Waals surface area contributed by atoms with E-state index in [0.717, 1.165) is 12.0 Å². The van der Waals surface area contributed by atoms with Gasteiger partial charge in [-0.15, -0.1) is 0 Å². The van der Waals surface area contributed by atoms with Crippen LogP contribution in [0, 0.1) is 6.92 Å². The number of hydrogen-bond donors (Lipinski definition) is 3. The highest BCUT2D eigenvalue weighted by Gasteiger charge is 2.18. The van der Waals surface area contributed by atoms with Crippen LogP contribution in [0.25, 0.3) is 0 Å². The van der Waals surface area contributed by atoms with E-state index in [1.54, 1.807) is 6.07 Å². The zero-order valence-electron chi connectivity index (χ0n) is 9.27. The molecule has 1 rings (SSSR count). The standard InChI is InChI=1S/C12H19NO2/c1-3-4-11(15)12(13)9-7-8(2)5-6-10(9)14/h5-7,11-12,14-15H,3-4,13H2,1-2H3/t11-,12+/m1/s1. The zero-order chi connectivity index (χ0) is 11.4. The highest BCUT2D eigenvalue weighted by molar-refractivity contribution is 5.38. The molecular formula is C12H19NO2. The van der Waals surface area contributed by atoms with E-state index in [4.69, 9.17) is 5.73 Å². The van der Waals surface area contributed by atoms with Crippen molar-refractivity contribution < 1.29 is 10.2 Å². The van der Waals surface area contributed by atoms with E-state index in [9.17, 15) is 10.2 Å². The first-order valence-electron chi connectivity index (χ1n) is 5.29. The van der Waals surface area contributed by atoms with Gasteiger partial charge in [0, 0.05) is 5.56 Å². The van der Waals surface area contributed by atoms with Crippen LogP contribution in [0.2, 0.25) is 0 Å². The first kappa shape index (κ1) is 12.0. The molecule has 4 N–H and O–H groups in total. The van der Waals surface area contributed by atoms with Gasteiger partial charge < -0.3 is 15.9 Å². The van der Waals surface area contributed by atoms with Crippen LogP contribution in [-0.4, -0.2) is 16.3 Å². The fourth-order valence-electron chi connectivity index (χ4n) is 1.62. The molecule has 0 saturated heterocycles. The molecule has 2 atom stereocenters. The van der Waals surface area contributed by atoms with Gasteiger partial charge in [0.1, 0.15) is 5.75 Å². The molecular weight excluding hydrogens is 190 g/mol. The van der Waals surface area contributed by atoms with Crippen molar-refractivity contribution in [2.75, 3.05) is 0 Å². The van der Waals surface area contributed by atoms with Crippen molar-refractivity contribution in [3.63, 3.8) is 0 Å². The molecule has 0 saturated carbocycles. The number of rotatable bonds is 4. The summed E-state index contributed by atoms with van der Waals surface area (Å²) in [4.78, 5) is 0. The van der Waals surface area contributed by atoms with Crippen LogP contribution < -0.4 is 5.73 Å². The Morgan fingerprint density at radius 2 is 2.07 bits per heavy atom. The molecule has 0 aliphatic carbocycles. The van der Waals surface area contributed by atoms with E-state index in [1.165, 1.54) is 0 Å². The zero-order valence-corrected chi connectivity index (χ0v) is 9.27. The van der Waals surface area contributed by atoms with E-state index < -0.39 is 12.1 Å². The molecule has 0 unspecified atom stereocenters. The normalized spacial score (nSPS) is 14.9. The number of aliphatic hydroxyl groups is 1. The van der Waals surface area contributed by atoms with Crippen molar-refractivity contribution in [2.45, 2.75) is 38.8 Å². The van der Waals surface area contributed by atoms with Crippen molar-refractivity contribution in [3.8, 4) is 5.75 Å². The van der Waals surface area contributed by atoms with Crippen LogP contribution in [0.5, 0.6) is 5.75 Å². The molecule has 0 aliphatic rings. The van der Waals surface area contributed by atoms with Crippen molar-refractivity contribution >= 4 is 0 Å². The number of benzene rings is 1. The topological polar surface area (TPSA) is 66.5 Å². The van der Waals surface area contributed by atoms with Gasteiger partial charge in [-0.05, 0) is 19.4 Å². The molecule has 3 heteroatoms.